The molecule has 0 saturated heterocycles. The van der Waals surface area contributed by atoms with Gasteiger partial charge in [0.15, 0.2) is 0 Å². The summed E-state index contributed by atoms with van der Waals surface area (Å²) in [5.41, 5.74) is 1.50. The molecule has 0 bridgehead atoms. The van der Waals surface area contributed by atoms with E-state index in [0.29, 0.717) is 29.3 Å². The highest BCUT2D eigenvalue weighted by atomic mass is 19.1. The van der Waals surface area contributed by atoms with E-state index in [2.05, 4.69) is 16.7 Å². The van der Waals surface area contributed by atoms with Gasteiger partial charge in [0.1, 0.15) is 12.4 Å². The molecule has 1 aromatic heterocycles. The molecule has 0 spiro atoms. The van der Waals surface area contributed by atoms with Crippen molar-refractivity contribution >= 4 is 6.08 Å². The zero-order valence-corrected chi connectivity index (χ0v) is 14.4. The Kier molecular flexibility index (Phi) is 7.03. The summed E-state index contributed by atoms with van der Waals surface area (Å²) in [6, 6.07) is 0.185. The molecule has 0 aromatic carbocycles. The van der Waals surface area contributed by atoms with Crippen molar-refractivity contribution in [1.29, 1.82) is 0 Å². The van der Waals surface area contributed by atoms with Crippen molar-refractivity contribution in [3.63, 3.8) is 0 Å². The van der Waals surface area contributed by atoms with E-state index in [4.69, 9.17) is 4.74 Å². The molecule has 1 unspecified atom stereocenters. The fourth-order valence-corrected chi connectivity index (χ4v) is 1.84. The normalized spacial score (nSPS) is 13.1. The molecule has 1 rings (SSSR count). The number of ether oxygens (including phenoxy) is 1. The molecule has 6 heteroatoms. The van der Waals surface area contributed by atoms with Gasteiger partial charge in [-0.2, -0.15) is 0 Å². The highest BCUT2D eigenvalue weighted by molar-refractivity contribution is 5.58. The molecule has 0 aliphatic carbocycles. The highest BCUT2D eigenvalue weighted by Crippen LogP contribution is 2.26. The Morgan fingerprint density at radius 2 is 2.17 bits per heavy atom. The van der Waals surface area contributed by atoms with Crippen LogP contribution in [0.1, 0.15) is 30.7 Å². The van der Waals surface area contributed by atoms with Crippen molar-refractivity contribution in [2.75, 3.05) is 20.7 Å². The van der Waals surface area contributed by atoms with Crippen LogP contribution in [-0.4, -0.2) is 36.6 Å². The quantitative estimate of drug-likeness (QED) is 0.685. The van der Waals surface area contributed by atoms with Crippen LogP contribution in [0.3, 0.4) is 0 Å². The molecule has 0 saturated carbocycles. The Morgan fingerprint density at radius 1 is 1.52 bits per heavy atom. The predicted molar refractivity (Wildman–Crippen MR) is 90.9 cm³/mol. The Balaban J connectivity index is 3.15. The van der Waals surface area contributed by atoms with Crippen LogP contribution in [0.2, 0.25) is 0 Å². The van der Waals surface area contributed by atoms with Gasteiger partial charge < -0.3 is 9.64 Å². The van der Waals surface area contributed by atoms with Crippen LogP contribution in [-0.2, 0) is 6.42 Å². The molecule has 0 fully saturated rings. The van der Waals surface area contributed by atoms with Crippen LogP contribution < -0.4 is 4.74 Å². The lowest BCUT2D eigenvalue weighted by Gasteiger charge is -2.21. The maximum absolute atomic E-state index is 14.4. The largest absolute Gasteiger partial charge is 0.476 e. The number of aromatic nitrogens is 1. The van der Waals surface area contributed by atoms with Gasteiger partial charge in [0.2, 0.25) is 5.88 Å². The number of pyridine rings is 1. The van der Waals surface area contributed by atoms with Gasteiger partial charge in [-0.1, -0.05) is 18.7 Å². The smallest absolute Gasteiger partial charge is 0.221 e. The van der Waals surface area contributed by atoms with Crippen LogP contribution >= 0.6 is 0 Å². The third-order valence-corrected chi connectivity index (χ3v) is 3.74. The fraction of sp³-hybridized carbons (Fsp3) is 0.471. The average Bonchev–Trinajstić information content (AvgIpc) is 2.53. The first-order valence-electron chi connectivity index (χ1n) is 7.42. The van der Waals surface area contributed by atoms with Gasteiger partial charge in [0, 0.05) is 18.0 Å². The summed E-state index contributed by atoms with van der Waals surface area (Å²) in [5, 5.41) is 2.80. The van der Waals surface area contributed by atoms with Gasteiger partial charge in [0.25, 0.3) is 0 Å². The maximum atomic E-state index is 14.4. The monoisotopic (exact) mass is 321 g/mol. The summed E-state index contributed by atoms with van der Waals surface area (Å²) < 4.78 is 20.2. The zero-order valence-electron chi connectivity index (χ0n) is 14.4. The van der Waals surface area contributed by atoms with Crippen LogP contribution in [0.4, 0.5) is 4.39 Å². The molecule has 0 aliphatic heterocycles. The molecule has 1 heterocycles. The molecule has 1 atom stereocenters. The van der Waals surface area contributed by atoms with Crippen molar-refractivity contribution in [3.8, 4) is 5.88 Å². The maximum Gasteiger partial charge on any atom is 0.221 e. The molecule has 0 N–H and O–H groups in total. The second-order valence-corrected chi connectivity index (χ2v) is 5.68. The minimum atomic E-state index is -0.414. The van der Waals surface area contributed by atoms with Gasteiger partial charge in [0.05, 0.1) is 11.4 Å². The van der Waals surface area contributed by atoms with Crippen molar-refractivity contribution in [1.82, 2.24) is 9.88 Å². The van der Waals surface area contributed by atoms with Crippen LogP contribution in [0.25, 0.3) is 6.08 Å². The minimum absolute atomic E-state index is 0.182. The Morgan fingerprint density at radius 3 is 2.70 bits per heavy atom. The summed E-state index contributed by atoms with van der Waals surface area (Å²) >= 11 is 0. The van der Waals surface area contributed by atoms with E-state index in [1.54, 1.807) is 19.9 Å². The standard InChI is InChI=1S/C17H24FN3O2/c1-7-14-13(4)16(18)15(9-8-11(2)20-22)19-17(14)23-10-12(3)21(5)6/h7-8,12H,1,9-10H2,2-6H3/b11-8+. The second-order valence-electron chi connectivity index (χ2n) is 5.68. The van der Waals surface area contributed by atoms with Crippen molar-refractivity contribution < 1.29 is 9.13 Å². The van der Waals surface area contributed by atoms with Crippen molar-refractivity contribution in [2.24, 2.45) is 5.18 Å². The fourth-order valence-electron chi connectivity index (χ4n) is 1.84. The highest BCUT2D eigenvalue weighted by Gasteiger charge is 2.17. The predicted octanol–water partition coefficient (Wildman–Crippen LogP) is 3.71. The number of hydrogen-bond acceptors (Lipinski definition) is 5. The Hall–Kier alpha value is -2.08. The third-order valence-electron chi connectivity index (χ3n) is 3.74. The molecule has 23 heavy (non-hydrogen) atoms. The van der Waals surface area contributed by atoms with Gasteiger partial charge in [-0.25, -0.2) is 9.37 Å². The molecule has 0 amide bonds. The van der Waals surface area contributed by atoms with E-state index in [1.807, 2.05) is 25.9 Å². The van der Waals surface area contributed by atoms with E-state index in [0.717, 1.165) is 0 Å². The molecule has 5 nitrogen and oxygen atoms in total. The lowest BCUT2D eigenvalue weighted by atomic mass is 10.1. The summed E-state index contributed by atoms with van der Waals surface area (Å²) in [6.45, 7) is 9.38. The first-order chi connectivity index (χ1) is 10.8. The SMILES string of the molecule is C=Cc1c(OCC(C)N(C)C)nc(C/C=C(\C)N=O)c(F)c1C. The first-order valence-corrected chi connectivity index (χ1v) is 7.42. The van der Waals surface area contributed by atoms with Gasteiger partial charge in [-0.3, -0.25) is 0 Å². The van der Waals surface area contributed by atoms with Gasteiger partial charge in [-0.15, -0.1) is 4.91 Å². The van der Waals surface area contributed by atoms with Crippen LogP contribution in [0, 0.1) is 17.6 Å². The topological polar surface area (TPSA) is 54.8 Å². The Bertz CT molecular complexity index is 612. The summed E-state index contributed by atoms with van der Waals surface area (Å²) in [6.07, 6.45) is 3.26. The summed E-state index contributed by atoms with van der Waals surface area (Å²) in [4.78, 5) is 16.7. The molecule has 0 aliphatic rings. The van der Waals surface area contributed by atoms with Crippen molar-refractivity contribution in [3.05, 3.63) is 45.9 Å². The lowest BCUT2D eigenvalue weighted by Crippen LogP contribution is -2.30. The number of nitroso groups, excluding NO2 is 1. The van der Waals surface area contributed by atoms with E-state index >= 15 is 0 Å². The van der Waals surface area contributed by atoms with Crippen LogP contribution in [0.15, 0.2) is 23.5 Å². The van der Waals surface area contributed by atoms with Crippen LogP contribution in [0.5, 0.6) is 5.88 Å². The molecule has 1 aromatic rings. The van der Waals surface area contributed by atoms with E-state index in [1.165, 1.54) is 6.08 Å². The van der Waals surface area contributed by atoms with Gasteiger partial charge in [-0.05, 0) is 45.6 Å². The zero-order chi connectivity index (χ0) is 17.6. The van der Waals surface area contributed by atoms with Crippen molar-refractivity contribution in [2.45, 2.75) is 33.2 Å². The average molecular weight is 321 g/mol. The van der Waals surface area contributed by atoms with Gasteiger partial charge >= 0.3 is 0 Å². The summed E-state index contributed by atoms with van der Waals surface area (Å²) in [7, 11) is 3.91. The Labute approximate surface area is 136 Å². The molecular formula is C17H24FN3O2. The number of allylic oxidation sites excluding steroid dienone is 2. The number of likely N-dealkylation sites (N-methyl/N-ethyl adjacent to an activating group) is 1. The number of hydrogen-bond donors (Lipinski definition) is 0. The molecule has 0 radical (unpaired) electrons. The number of nitrogens with zero attached hydrogens (tertiary/aromatic N) is 3. The third kappa shape index (κ3) is 4.96. The number of rotatable bonds is 8. The number of halogens is 1. The summed E-state index contributed by atoms with van der Waals surface area (Å²) in [5.74, 6) is -0.0597. The van der Waals surface area contributed by atoms with E-state index in [9.17, 15) is 9.30 Å². The second kappa shape index (κ2) is 8.53. The first kappa shape index (κ1) is 19.0. The molecule has 126 valence electrons. The lowest BCUT2D eigenvalue weighted by molar-refractivity contribution is 0.192. The minimum Gasteiger partial charge on any atom is -0.476 e. The van der Waals surface area contributed by atoms with E-state index in [-0.39, 0.29) is 18.2 Å². The van der Waals surface area contributed by atoms with E-state index < -0.39 is 5.82 Å². The molecular weight excluding hydrogens is 297 g/mol.